The fraction of sp³-hybridized carbons (Fsp3) is 0.722. The Labute approximate surface area is 143 Å². The first kappa shape index (κ1) is 17.0. The fourth-order valence-corrected chi connectivity index (χ4v) is 3.25. The molecule has 2 amide bonds. The molecule has 0 unspecified atom stereocenters. The standard InChI is InChI=1S/C18H28N4O2/c1-12(2)8-17(24)22-7-6-21-11-15(20-18(21)13(22)3)9-16(23)19-10-14-4-5-14/h11-14H,4-10H2,1-3H3,(H,19,23)/t13-/m0/s1. The zero-order chi connectivity index (χ0) is 17.3. The van der Waals surface area contributed by atoms with Crippen LogP contribution in [0.4, 0.5) is 0 Å². The number of amides is 2. The van der Waals surface area contributed by atoms with Crippen LogP contribution in [0.15, 0.2) is 6.20 Å². The Bertz CT molecular complexity index is 619. The molecule has 1 saturated carbocycles. The fourth-order valence-electron chi connectivity index (χ4n) is 3.25. The van der Waals surface area contributed by atoms with Gasteiger partial charge in [-0.3, -0.25) is 9.59 Å². The summed E-state index contributed by atoms with van der Waals surface area (Å²) in [5.74, 6) is 2.17. The van der Waals surface area contributed by atoms with Crippen molar-refractivity contribution < 1.29 is 9.59 Å². The molecule has 2 aliphatic rings. The molecule has 1 N–H and O–H groups in total. The van der Waals surface area contributed by atoms with Crippen LogP contribution < -0.4 is 5.32 Å². The molecular weight excluding hydrogens is 304 g/mol. The highest BCUT2D eigenvalue weighted by molar-refractivity contribution is 5.78. The van der Waals surface area contributed by atoms with Crippen molar-refractivity contribution in [1.29, 1.82) is 0 Å². The van der Waals surface area contributed by atoms with Crippen LogP contribution in [0, 0.1) is 11.8 Å². The van der Waals surface area contributed by atoms with Gasteiger partial charge in [-0.1, -0.05) is 13.8 Å². The third-order valence-electron chi connectivity index (χ3n) is 4.81. The molecule has 1 aromatic rings. The van der Waals surface area contributed by atoms with Crippen molar-refractivity contribution in [3.05, 3.63) is 17.7 Å². The van der Waals surface area contributed by atoms with Gasteiger partial charge in [0, 0.05) is 32.3 Å². The van der Waals surface area contributed by atoms with Crippen LogP contribution in [0.1, 0.15) is 57.6 Å². The van der Waals surface area contributed by atoms with E-state index in [1.54, 1.807) is 0 Å². The number of aromatic nitrogens is 2. The molecule has 3 rings (SSSR count). The van der Waals surface area contributed by atoms with Crippen LogP contribution in [0.3, 0.4) is 0 Å². The molecule has 1 fully saturated rings. The van der Waals surface area contributed by atoms with Gasteiger partial charge in [-0.15, -0.1) is 0 Å². The van der Waals surface area contributed by atoms with Crippen LogP contribution in [0.25, 0.3) is 0 Å². The highest BCUT2D eigenvalue weighted by Gasteiger charge is 2.30. The summed E-state index contributed by atoms with van der Waals surface area (Å²) in [7, 11) is 0. The minimum absolute atomic E-state index is 0.0340. The topological polar surface area (TPSA) is 67.2 Å². The maximum absolute atomic E-state index is 12.4. The normalized spacial score (nSPS) is 20.2. The molecule has 1 aromatic heterocycles. The maximum atomic E-state index is 12.4. The van der Waals surface area contributed by atoms with Gasteiger partial charge in [0.15, 0.2) is 0 Å². The van der Waals surface area contributed by atoms with Crippen LogP contribution in [-0.2, 0) is 22.6 Å². The minimum Gasteiger partial charge on any atom is -0.355 e. The van der Waals surface area contributed by atoms with E-state index >= 15 is 0 Å². The summed E-state index contributed by atoms with van der Waals surface area (Å²) in [6, 6.07) is -0.0340. The van der Waals surface area contributed by atoms with Gasteiger partial charge < -0.3 is 14.8 Å². The smallest absolute Gasteiger partial charge is 0.226 e. The number of fused-ring (bicyclic) bond motifs is 1. The Morgan fingerprint density at radius 1 is 1.33 bits per heavy atom. The maximum Gasteiger partial charge on any atom is 0.226 e. The number of nitrogens with zero attached hydrogens (tertiary/aromatic N) is 3. The van der Waals surface area contributed by atoms with Crippen molar-refractivity contribution in [2.75, 3.05) is 13.1 Å². The van der Waals surface area contributed by atoms with Gasteiger partial charge in [0.1, 0.15) is 5.82 Å². The second-order valence-electron chi connectivity index (χ2n) is 7.57. The van der Waals surface area contributed by atoms with E-state index in [-0.39, 0.29) is 17.9 Å². The molecule has 2 heterocycles. The summed E-state index contributed by atoms with van der Waals surface area (Å²) in [5.41, 5.74) is 0.795. The quantitative estimate of drug-likeness (QED) is 0.865. The molecule has 6 heteroatoms. The highest BCUT2D eigenvalue weighted by atomic mass is 16.2. The van der Waals surface area contributed by atoms with E-state index in [4.69, 9.17) is 0 Å². The number of carbonyl (C=O) groups excluding carboxylic acids is 2. The first-order valence-electron chi connectivity index (χ1n) is 9.06. The van der Waals surface area contributed by atoms with Crippen LogP contribution >= 0.6 is 0 Å². The molecular formula is C18H28N4O2. The average Bonchev–Trinajstić information content (AvgIpc) is 3.24. The Morgan fingerprint density at radius 2 is 2.08 bits per heavy atom. The zero-order valence-electron chi connectivity index (χ0n) is 14.9. The molecule has 0 radical (unpaired) electrons. The molecule has 132 valence electrons. The average molecular weight is 332 g/mol. The molecule has 0 aromatic carbocycles. The van der Waals surface area contributed by atoms with Crippen molar-refractivity contribution >= 4 is 11.8 Å². The van der Waals surface area contributed by atoms with E-state index in [0.717, 1.165) is 24.6 Å². The Morgan fingerprint density at radius 3 is 2.75 bits per heavy atom. The van der Waals surface area contributed by atoms with E-state index in [1.807, 2.05) is 18.0 Å². The summed E-state index contributed by atoms with van der Waals surface area (Å²) in [6.45, 7) is 8.40. The highest BCUT2D eigenvalue weighted by Crippen LogP contribution is 2.28. The molecule has 0 bridgehead atoms. The van der Waals surface area contributed by atoms with Crippen LogP contribution in [-0.4, -0.2) is 39.4 Å². The first-order valence-corrected chi connectivity index (χ1v) is 9.06. The molecule has 6 nitrogen and oxygen atoms in total. The molecule has 1 aliphatic heterocycles. The van der Waals surface area contributed by atoms with E-state index in [0.29, 0.717) is 31.2 Å². The number of nitrogens with one attached hydrogen (secondary N) is 1. The lowest BCUT2D eigenvalue weighted by Gasteiger charge is -2.34. The largest absolute Gasteiger partial charge is 0.355 e. The second-order valence-corrected chi connectivity index (χ2v) is 7.57. The van der Waals surface area contributed by atoms with Crippen LogP contribution in [0.5, 0.6) is 0 Å². The summed E-state index contributed by atoms with van der Waals surface area (Å²) < 4.78 is 2.09. The number of hydrogen-bond acceptors (Lipinski definition) is 3. The lowest BCUT2D eigenvalue weighted by molar-refractivity contribution is -0.135. The van der Waals surface area contributed by atoms with Crippen molar-refractivity contribution in [3.63, 3.8) is 0 Å². The van der Waals surface area contributed by atoms with Crippen molar-refractivity contribution in [1.82, 2.24) is 19.8 Å². The SMILES string of the molecule is CC(C)CC(=O)N1CCn2cc(CC(=O)NCC3CC3)nc2[C@@H]1C. The van der Waals surface area contributed by atoms with Gasteiger partial charge in [0.25, 0.3) is 0 Å². The van der Waals surface area contributed by atoms with E-state index in [1.165, 1.54) is 12.8 Å². The predicted molar refractivity (Wildman–Crippen MR) is 91.2 cm³/mol. The third-order valence-corrected chi connectivity index (χ3v) is 4.81. The lowest BCUT2D eigenvalue weighted by atomic mass is 10.1. The number of imidazole rings is 1. The molecule has 0 spiro atoms. The van der Waals surface area contributed by atoms with Gasteiger partial charge in [-0.25, -0.2) is 4.98 Å². The van der Waals surface area contributed by atoms with Crippen molar-refractivity contribution in [2.24, 2.45) is 11.8 Å². The van der Waals surface area contributed by atoms with Gasteiger partial charge in [-0.05, 0) is 31.6 Å². The zero-order valence-corrected chi connectivity index (χ0v) is 14.9. The summed E-state index contributed by atoms with van der Waals surface area (Å²) in [6.07, 6.45) is 5.32. The van der Waals surface area contributed by atoms with Gasteiger partial charge >= 0.3 is 0 Å². The van der Waals surface area contributed by atoms with Crippen LogP contribution in [0.2, 0.25) is 0 Å². The first-order chi connectivity index (χ1) is 11.4. The monoisotopic (exact) mass is 332 g/mol. The Hall–Kier alpha value is -1.85. The molecule has 1 atom stereocenters. The molecule has 24 heavy (non-hydrogen) atoms. The van der Waals surface area contributed by atoms with Crippen molar-refractivity contribution in [2.45, 2.75) is 59.0 Å². The minimum atomic E-state index is -0.0340. The second kappa shape index (κ2) is 6.95. The van der Waals surface area contributed by atoms with Gasteiger partial charge in [0.2, 0.25) is 11.8 Å². The summed E-state index contributed by atoms with van der Waals surface area (Å²) in [4.78, 5) is 31.0. The van der Waals surface area contributed by atoms with Gasteiger partial charge in [-0.2, -0.15) is 0 Å². The van der Waals surface area contributed by atoms with E-state index < -0.39 is 0 Å². The van der Waals surface area contributed by atoms with E-state index in [9.17, 15) is 9.59 Å². The van der Waals surface area contributed by atoms with Gasteiger partial charge in [0.05, 0.1) is 18.2 Å². The number of rotatable bonds is 6. The summed E-state index contributed by atoms with van der Waals surface area (Å²) in [5, 5.41) is 2.98. The Balaban J connectivity index is 1.62. The predicted octanol–water partition coefficient (Wildman–Crippen LogP) is 1.90. The Kier molecular flexibility index (Phi) is 4.92. The lowest BCUT2D eigenvalue weighted by Crippen LogP contribution is -2.41. The van der Waals surface area contributed by atoms with E-state index in [2.05, 4.69) is 28.7 Å². The number of hydrogen-bond donors (Lipinski definition) is 1. The van der Waals surface area contributed by atoms with Crippen molar-refractivity contribution in [3.8, 4) is 0 Å². The summed E-state index contributed by atoms with van der Waals surface area (Å²) >= 11 is 0. The number of carbonyl (C=O) groups is 2. The molecule has 0 saturated heterocycles. The molecule has 1 aliphatic carbocycles. The third kappa shape index (κ3) is 3.97.